The van der Waals surface area contributed by atoms with Gasteiger partial charge in [-0.2, -0.15) is 0 Å². The SMILES string of the molecule is CC=CCSc1nc2cc(Cl)ccc2s1. The number of halogens is 1. The lowest BCUT2D eigenvalue weighted by atomic mass is 10.3. The molecule has 0 N–H and O–H groups in total. The van der Waals surface area contributed by atoms with Crippen LogP contribution in [-0.2, 0) is 0 Å². The highest BCUT2D eigenvalue weighted by molar-refractivity contribution is 8.01. The van der Waals surface area contributed by atoms with Gasteiger partial charge in [-0.25, -0.2) is 4.98 Å². The summed E-state index contributed by atoms with van der Waals surface area (Å²) in [6.07, 6.45) is 4.18. The van der Waals surface area contributed by atoms with Crippen molar-refractivity contribution in [3.05, 3.63) is 35.4 Å². The molecule has 4 heteroatoms. The van der Waals surface area contributed by atoms with Crippen molar-refractivity contribution in [2.75, 3.05) is 5.75 Å². The molecular weight excluding hydrogens is 246 g/mol. The zero-order chi connectivity index (χ0) is 10.7. The average molecular weight is 256 g/mol. The average Bonchev–Trinajstić information content (AvgIpc) is 2.60. The molecule has 1 aromatic heterocycles. The van der Waals surface area contributed by atoms with E-state index in [1.54, 1.807) is 23.1 Å². The van der Waals surface area contributed by atoms with Crippen LogP contribution in [0.2, 0.25) is 5.02 Å². The van der Waals surface area contributed by atoms with Gasteiger partial charge in [0.05, 0.1) is 10.2 Å². The smallest absolute Gasteiger partial charge is 0.151 e. The number of rotatable bonds is 3. The maximum absolute atomic E-state index is 5.90. The number of nitrogens with zero attached hydrogens (tertiary/aromatic N) is 1. The molecule has 0 bridgehead atoms. The fourth-order valence-corrected chi connectivity index (χ4v) is 3.30. The van der Waals surface area contributed by atoms with E-state index in [1.165, 1.54) is 4.70 Å². The topological polar surface area (TPSA) is 12.9 Å². The van der Waals surface area contributed by atoms with E-state index in [4.69, 9.17) is 11.6 Å². The molecule has 15 heavy (non-hydrogen) atoms. The molecule has 1 nitrogen and oxygen atoms in total. The highest BCUT2D eigenvalue weighted by Crippen LogP contribution is 2.30. The Morgan fingerprint density at radius 3 is 3.20 bits per heavy atom. The summed E-state index contributed by atoms with van der Waals surface area (Å²) in [5.74, 6) is 0.976. The lowest BCUT2D eigenvalue weighted by Crippen LogP contribution is -1.71. The Balaban J connectivity index is 2.23. The van der Waals surface area contributed by atoms with Crippen LogP contribution in [0, 0.1) is 0 Å². The van der Waals surface area contributed by atoms with Gasteiger partial charge in [0.2, 0.25) is 0 Å². The third-order valence-corrected chi connectivity index (χ3v) is 4.24. The quantitative estimate of drug-likeness (QED) is 0.586. The summed E-state index contributed by atoms with van der Waals surface area (Å²) >= 11 is 9.37. The number of thioether (sulfide) groups is 1. The van der Waals surface area contributed by atoms with E-state index in [9.17, 15) is 0 Å². The molecule has 0 aliphatic carbocycles. The van der Waals surface area contributed by atoms with Crippen LogP contribution in [0.4, 0.5) is 0 Å². The van der Waals surface area contributed by atoms with Crippen molar-refractivity contribution in [1.82, 2.24) is 4.98 Å². The van der Waals surface area contributed by atoms with Gasteiger partial charge in [-0.1, -0.05) is 35.5 Å². The molecular formula is C11H10ClNS2. The van der Waals surface area contributed by atoms with Crippen LogP contribution in [0.5, 0.6) is 0 Å². The number of benzene rings is 1. The standard InChI is InChI=1S/C11H10ClNS2/c1-2-3-6-14-11-13-9-7-8(12)4-5-10(9)15-11/h2-5,7H,6H2,1H3. The van der Waals surface area contributed by atoms with Gasteiger partial charge in [0.25, 0.3) is 0 Å². The second-order valence-electron chi connectivity index (χ2n) is 2.97. The molecule has 0 amide bonds. The Morgan fingerprint density at radius 1 is 1.53 bits per heavy atom. The van der Waals surface area contributed by atoms with Crippen LogP contribution in [0.3, 0.4) is 0 Å². The van der Waals surface area contributed by atoms with E-state index in [0.29, 0.717) is 0 Å². The molecule has 0 saturated heterocycles. The first-order valence-corrected chi connectivity index (χ1v) is 6.77. The summed E-state index contributed by atoms with van der Waals surface area (Å²) in [5, 5.41) is 0.748. The second-order valence-corrected chi connectivity index (χ2v) is 5.71. The van der Waals surface area contributed by atoms with Crippen molar-refractivity contribution in [2.45, 2.75) is 11.3 Å². The molecule has 0 radical (unpaired) electrons. The summed E-state index contributed by atoms with van der Waals surface area (Å²) in [5.41, 5.74) is 0.996. The summed E-state index contributed by atoms with van der Waals surface area (Å²) in [6.45, 7) is 2.03. The summed E-state index contributed by atoms with van der Waals surface area (Å²) in [7, 11) is 0. The minimum absolute atomic E-state index is 0.748. The molecule has 78 valence electrons. The Labute approximate surface area is 102 Å². The van der Waals surface area contributed by atoms with Gasteiger partial charge in [0.1, 0.15) is 0 Å². The van der Waals surface area contributed by atoms with E-state index in [0.717, 1.165) is 20.6 Å². The summed E-state index contributed by atoms with van der Waals surface area (Å²) in [4.78, 5) is 4.51. The van der Waals surface area contributed by atoms with Crippen LogP contribution >= 0.6 is 34.7 Å². The fraction of sp³-hybridized carbons (Fsp3) is 0.182. The third-order valence-electron chi connectivity index (χ3n) is 1.87. The monoisotopic (exact) mass is 255 g/mol. The van der Waals surface area contributed by atoms with Gasteiger partial charge >= 0.3 is 0 Å². The van der Waals surface area contributed by atoms with E-state index < -0.39 is 0 Å². The molecule has 2 aromatic rings. The predicted molar refractivity (Wildman–Crippen MR) is 70.2 cm³/mol. The van der Waals surface area contributed by atoms with Gasteiger partial charge in [0.15, 0.2) is 4.34 Å². The number of hydrogen-bond donors (Lipinski definition) is 0. The van der Waals surface area contributed by atoms with Gasteiger partial charge in [-0.15, -0.1) is 11.3 Å². The first-order chi connectivity index (χ1) is 7.29. The Kier molecular flexibility index (Phi) is 3.67. The molecule has 0 spiro atoms. The zero-order valence-corrected chi connectivity index (χ0v) is 10.6. The van der Waals surface area contributed by atoms with Crippen LogP contribution in [0.1, 0.15) is 6.92 Å². The Hall–Kier alpha value is -0.510. The van der Waals surface area contributed by atoms with Gasteiger partial charge < -0.3 is 0 Å². The van der Waals surface area contributed by atoms with Crippen molar-refractivity contribution >= 4 is 44.9 Å². The normalized spacial score (nSPS) is 11.6. The zero-order valence-electron chi connectivity index (χ0n) is 8.24. The van der Waals surface area contributed by atoms with Crippen molar-refractivity contribution in [3.63, 3.8) is 0 Å². The van der Waals surface area contributed by atoms with Crippen molar-refractivity contribution < 1.29 is 0 Å². The van der Waals surface area contributed by atoms with E-state index in [-0.39, 0.29) is 0 Å². The molecule has 0 saturated carbocycles. The maximum atomic E-state index is 5.90. The molecule has 0 fully saturated rings. The molecule has 1 heterocycles. The molecule has 0 aliphatic rings. The molecule has 0 atom stereocenters. The highest BCUT2D eigenvalue weighted by Gasteiger charge is 2.03. The van der Waals surface area contributed by atoms with Gasteiger partial charge in [0, 0.05) is 10.8 Å². The minimum Gasteiger partial charge on any atom is -0.230 e. The molecule has 0 unspecified atom stereocenters. The van der Waals surface area contributed by atoms with E-state index in [1.807, 2.05) is 25.1 Å². The van der Waals surface area contributed by atoms with Crippen LogP contribution in [0.15, 0.2) is 34.7 Å². The fourth-order valence-electron chi connectivity index (χ4n) is 1.16. The third kappa shape index (κ3) is 2.74. The van der Waals surface area contributed by atoms with Crippen molar-refractivity contribution in [1.29, 1.82) is 0 Å². The minimum atomic E-state index is 0.748. The van der Waals surface area contributed by atoms with E-state index >= 15 is 0 Å². The molecule has 2 rings (SSSR count). The Bertz CT molecular complexity index is 490. The first-order valence-electron chi connectivity index (χ1n) is 4.59. The largest absolute Gasteiger partial charge is 0.230 e. The molecule has 0 aliphatic heterocycles. The number of thiazole rings is 1. The number of allylic oxidation sites excluding steroid dienone is 1. The number of aromatic nitrogens is 1. The van der Waals surface area contributed by atoms with Crippen LogP contribution in [-0.4, -0.2) is 10.7 Å². The summed E-state index contributed by atoms with van der Waals surface area (Å²) < 4.78 is 2.30. The Morgan fingerprint density at radius 2 is 2.40 bits per heavy atom. The number of fused-ring (bicyclic) bond motifs is 1. The number of hydrogen-bond acceptors (Lipinski definition) is 3. The molecule has 1 aromatic carbocycles. The van der Waals surface area contributed by atoms with Gasteiger partial charge in [-0.3, -0.25) is 0 Å². The maximum Gasteiger partial charge on any atom is 0.151 e. The summed E-state index contributed by atoms with van der Waals surface area (Å²) in [6, 6.07) is 5.84. The lowest BCUT2D eigenvalue weighted by molar-refractivity contribution is 1.30. The van der Waals surface area contributed by atoms with Crippen LogP contribution < -0.4 is 0 Å². The second kappa shape index (κ2) is 5.01. The predicted octanol–water partition coefficient (Wildman–Crippen LogP) is 4.62. The van der Waals surface area contributed by atoms with Crippen LogP contribution in [0.25, 0.3) is 10.2 Å². The first kappa shape index (κ1) is 11.0. The van der Waals surface area contributed by atoms with E-state index in [2.05, 4.69) is 17.1 Å². The lowest BCUT2D eigenvalue weighted by Gasteiger charge is -1.87. The van der Waals surface area contributed by atoms with Crippen molar-refractivity contribution in [2.24, 2.45) is 0 Å². The van der Waals surface area contributed by atoms with Gasteiger partial charge in [-0.05, 0) is 25.1 Å². The van der Waals surface area contributed by atoms with Crippen molar-refractivity contribution in [3.8, 4) is 0 Å². The highest BCUT2D eigenvalue weighted by atomic mass is 35.5.